The zero-order valence-electron chi connectivity index (χ0n) is 10.2. The maximum Gasteiger partial charge on any atom is 0.337 e. The Labute approximate surface area is 109 Å². The van der Waals surface area contributed by atoms with Gasteiger partial charge in [-0.25, -0.2) is 23.4 Å². The Kier molecular flexibility index (Phi) is 3.35. The van der Waals surface area contributed by atoms with E-state index in [1.165, 1.54) is 0 Å². The third-order valence-electron chi connectivity index (χ3n) is 2.81. The minimum Gasteiger partial charge on any atom is -0.478 e. The number of pyridine rings is 1. The molecule has 0 radical (unpaired) electrons. The number of carbonyl (C=O) groups is 1. The molecule has 0 fully saturated rings. The van der Waals surface area contributed by atoms with Gasteiger partial charge in [0.2, 0.25) is 0 Å². The monoisotopic (exact) mass is 285 g/mol. The van der Waals surface area contributed by atoms with Gasteiger partial charge in [-0.15, -0.1) is 0 Å². The molecule has 0 unspecified atom stereocenters. The number of rotatable bonds is 3. The molecule has 2 heterocycles. The molecule has 20 heavy (non-hydrogen) atoms. The SMILES string of the molecule is CCn1c(=O)[nH]c(=O)c2c(C(F)F)c(C(=O)O)cnc21. The molecule has 7 nitrogen and oxygen atoms in total. The average molecular weight is 285 g/mol. The van der Waals surface area contributed by atoms with E-state index in [9.17, 15) is 23.2 Å². The van der Waals surface area contributed by atoms with Crippen LogP contribution in [0.2, 0.25) is 0 Å². The predicted molar refractivity (Wildman–Crippen MR) is 64.2 cm³/mol. The number of fused-ring (bicyclic) bond motifs is 1. The first-order chi connectivity index (χ1) is 9.38. The quantitative estimate of drug-likeness (QED) is 0.865. The van der Waals surface area contributed by atoms with Crippen LogP contribution in [0.3, 0.4) is 0 Å². The number of aromatic carboxylic acids is 1. The maximum absolute atomic E-state index is 13.1. The van der Waals surface area contributed by atoms with Crippen LogP contribution in [0.4, 0.5) is 8.78 Å². The van der Waals surface area contributed by atoms with Crippen molar-refractivity contribution in [2.45, 2.75) is 19.9 Å². The number of nitrogens with zero attached hydrogens (tertiary/aromatic N) is 2. The molecular weight excluding hydrogens is 276 g/mol. The normalized spacial score (nSPS) is 11.2. The lowest BCUT2D eigenvalue weighted by Crippen LogP contribution is -2.31. The van der Waals surface area contributed by atoms with E-state index in [1.54, 1.807) is 6.92 Å². The summed E-state index contributed by atoms with van der Waals surface area (Å²) in [6.07, 6.45) is -2.47. The average Bonchev–Trinajstić information content (AvgIpc) is 2.37. The highest BCUT2D eigenvalue weighted by molar-refractivity contribution is 5.95. The number of halogens is 2. The Balaban J connectivity index is 3.10. The summed E-state index contributed by atoms with van der Waals surface area (Å²) in [5.41, 5.74) is -3.84. The summed E-state index contributed by atoms with van der Waals surface area (Å²) in [6.45, 7) is 1.65. The number of nitrogens with one attached hydrogen (secondary N) is 1. The Morgan fingerprint density at radius 2 is 2.15 bits per heavy atom. The van der Waals surface area contributed by atoms with Crippen molar-refractivity contribution in [3.05, 3.63) is 38.2 Å². The Morgan fingerprint density at radius 1 is 1.50 bits per heavy atom. The summed E-state index contributed by atoms with van der Waals surface area (Å²) < 4.78 is 27.2. The van der Waals surface area contributed by atoms with Crippen LogP contribution in [0.5, 0.6) is 0 Å². The maximum atomic E-state index is 13.1. The predicted octanol–water partition coefficient (Wildman–Crippen LogP) is 0.741. The molecular formula is C11H9F2N3O4. The molecule has 2 rings (SSSR count). The molecule has 0 saturated heterocycles. The number of aryl methyl sites for hydroxylation is 1. The fraction of sp³-hybridized carbons (Fsp3) is 0.273. The van der Waals surface area contributed by atoms with Gasteiger partial charge in [-0.1, -0.05) is 0 Å². The number of hydrogen-bond acceptors (Lipinski definition) is 4. The van der Waals surface area contributed by atoms with E-state index in [2.05, 4.69) is 4.98 Å². The summed E-state index contributed by atoms with van der Waals surface area (Å²) in [5, 5.41) is 8.31. The Morgan fingerprint density at radius 3 is 2.65 bits per heavy atom. The van der Waals surface area contributed by atoms with Crippen molar-refractivity contribution in [2.24, 2.45) is 0 Å². The van der Waals surface area contributed by atoms with Crippen molar-refractivity contribution in [3.63, 3.8) is 0 Å². The topological polar surface area (TPSA) is 105 Å². The molecule has 0 bridgehead atoms. The first-order valence-corrected chi connectivity index (χ1v) is 5.55. The number of alkyl halides is 2. The summed E-state index contributed by atoms with van der Waals surface area (Å²) in [4.78, 5) is 39.8. The molecule has 2 N–H and O–H groups in total. The lowest BCUT2D eigenvalue weighted by molar-refractivity contribution is 0.0685. The van der Waals surface area contributed by atoms with Crippen LogP contribution >= 0.6 is 0 Å². The van der Waals surface area contributed by atoms with Crippen LogP contribution in [0, 0.1) is 0 Å². The van der Waals surface area contributed by atoms with Gasteiger partial charge in [0.1, 0.15) is 5.65 Å². The number of H-pyrrole nitrogens is 1. The molecule has 106 valence electrons. The van der Waals surface area contributed by atoms with Crippen molar-refractivity contribution in [1.29, 1.82) is 0 Å². The second kappa shape index (κ2) is 4.83. The third kappa shape index (κ3) is 1.96. The van der Waals surface area contributed by atoms with E-state index < -0.39 is 40.2 Å². The van der Waals surface area contributed by atoms with E-state index in [-0.39, 0.29) is 12.2 Å². The van der Waals surface area contributed by atoms with Crippen LogP contribution in [0.1, 0.15) is 29.3 Å². The summed E-state index contributed by atoms with van der Waals surface area (Å²) >= 11 is 0. The molecule has 0 atom stereocenters. The van der Waals surface area contributed by atoms with Gasteiger partial charge in [-0.05, 0) is 6.92 Å². The molecule has 2 aromatic rings. The van der Waals surface area contributed by atoms with Gasteiger partial charge in [-0.3, -0.25) is 14.3 Å². The molecule has 0 aromatic carbocycles. The largest absolute Gasteiger partial charge is 0.478 e. The fourth-order valence-electron chi connectivity index (χ4n) is 1.96. The van der Waals surface area contributed by atoms with E-state index in [1.807, 2.05) is 4.98 Å². The minimum atomic E-state index is -3.18. The highest BCUT2D eigenvalue weighted by Crippen LogP contribution is 2.27. The third-order valence-corrected chi connectivity index (χ3v) is 2.81. The van der Waals surface area contributed by atoms with E-state index in [4.69, 9.17) is 5.11 Å². The second-order valence-electron chi connectivity index (χ2n) is 3.89. The minimum absolute atomic E-state index is 0.0915. The molecule has 0 amide bonds. The second-order valence-corrected chi connectivity index (χ2v) is 3.89. The molecule has 0 aliphatic carbocycles. The fourth-order valence-corrected chi connectivity index (χ4v) is 1.96. The first-order valence-electron chi connectivity index (χ1n) is 5.55. The smallest absolute Gasteiger partial charge is 0.337 e. The van der Waals surface area contributed by atoms with Gasteiger partial charge < -0.3 is 5.11 Å². The van der Waals surface area contributed by atoms with Crippen LogP contribution in [-0.2, 0) is 6.54 Å². The van der Waals surface area contributed by atoms with Gasteiger partial charge in [0.05, 0.1) is 16.5 Å². The van der Waals surface area contributed by atoms with Gasteiger partial charge in [0.15, 0.2) is 0 Å². The van der Waals surface area contributed by atoms with Crippen molar-refractivity contribution >= 4 is 17.0 Å². The Bertz CT molecular complexity index is 810. The van der Waals surface area contributed by atoms with Crippen LogP contribution < -0.4 is 11.2 Å². The first kappa shape index (κ1) is 13.8. The molecule has 0 spiro atoms. The number of aromatic nitrogens is 3. The summed E-state index contributed by atoms with van der Waals surface area (Å²) in [5.74, 6) is -1.62. The van der Waals surface area contributed by atoms with E-state index >= 15 is 0 Å². The highest BCUT2D eigenvalue weighted by atomic mass is 19.3. The van der Waals surface area contributed by atoms with Gasteiger partial charge in [0.25, 0.3) is 12.0 Å². The summed E-state index contributed by atoms with van der Waals surface area (Å²) in [6, 6.07) is 0. The van der Waals surface area contributed by atoms with Crippen LogP contribution in [0.25, 0.3) is 11.0 Å². The molecule has 2 aromatic heterocycles. The van der Waals surface area contributed by atoms with Crippen molar-refractivity contribution < 1.29 is 18.7 Å². The number of carboxylic acids is 1. The molecule has 0 saturated carbocycles. The van der Waals surface area contributed by atoms with E-state index in [0.717, 1.165) is 10.8 Å². The van der Waals surface area contributed by atoms with Gasteiger partial charge in [-0.2, -0.15) is 0 Å². The van der Waals surface area contributed by atoms with Crippen LogP contribution in [-0.4, -0.2) is 25.6 Å². The molecule has 0 aliphatic rings. The number of aromatic amines is 1. The van der Waals surface area contributed by atoms with Gasteiger partial charge in [0, 0.05) is 12.7 Å². The zero-order chi connectivity index (χ0) is 15.0. The van der Waals surface area contributed by atoms with Crippen LogP contribution in [0.15, 0.2) is 15.8 Å². The lowest BCUT2D eigenvalue weighted by Gasteiger charge is -2.11. The van der Waals surface area contributed by atoms with Crippen molar-refractivity contribution in [2.75, 3.05) is 0 Å². The molecule has 0 aliphatic heterocycles. The standard InChI is InChI=1S/C11H9F2N3O4/c1-2-16-8-6(9(17)15-11(16)20)5(7(12)13)4(3-14-8)10(18)19/h3,7H,2H2,1H3,(H,18,19)(H,15,17,20). The van der Waals surface area contributed by atoms with Crippen molar-refractivity contribution in [1.82, 2.24) is 14.5 Å². The number of carboxylic acid groups (broad SMARTS) is 1. The highest BCUT2D eigenvalue weighted by Gasteiger charge is 2.25. The lowest BCUT2D eigenvalue weighted by atomic mass is 10.1. The van der Waals surface area contributed by atoms with Gasteiger partial charge >= 0.3 is 11.7 Å². The number of hydrogen-bond donors (Lipinski definition) is 2. The van der Waals surface area contributed by atoms with E-state index in [0.29, 0.717) is 0 Å². The van der Waals surface area contributed by atoms with Crippen molar-refractivity contribution in [3.8, 4) is 0 Å². The summed E-state index contributed by atoms with van der Waals surface area (Å²) in [7, 11) is 0. The zero-order valence-corrected chi connectivity index (χ0v) is 10.2. The molecule has 9 heteroatoms. The Hall–Kier alpha value is -2.58.